The van der Waals surface area contributed by atoms with Crippen molar-refractivity contribution >= 4 is 10.9 Å². The van der Waals surface area contributed by atoms with E-state index < -0.39 is 0 Å². The molecule has 1 aromatic heterocycles. The van der Waals surface area contributed by atoms with Gasteiger partial charge in [-0.3, -0.25) is 0 Å². The van der Waals surface area contributed by atoms with Crippen molar-refractivity contribution < 1.29 is 4.74 Å². The first-order chi connectivity index (χ1) is 10.3. The molecule has 2 N–H and O–H groups in total. The minimum absolute atomic E-state index is 0.232. The van der Waals surface area contributed by atoms with E-state index in [0.717, 1.165) is 6.54 Å². The van der Waals surface area contributed by atoms with Crippen LogP contribution in [0.3, 0.4) is 0 Å². The molecular weight excluding hydrogens is 260 g/mol. The number of hydrogen-bond acceptors (Lipinski definition) is 2. The van der Waals surface area contributed by atoms with Gasteiger partial charge >= 0.3 is 0 Å². The highest BCUT2D eigenvalue weighted by atomic mass is 16.5. The average molecular weight is 284 g/mol. The zero-order chi connectivity index (χ0) is 14.3. The first-order valence-corrected chi connectivity index (χ1v) is 8.24. The number of hydrogen-bond donors (Lipinski definition) is 1. The van der Waals surface area contributed by atoms with Crippen LogP contribution in [0.4, 0.5) is 0 Å². The summed E-state index contributed by atoms with van der Waals surface area (Å²) in [6, 6.07) is 8.69. The molecule has 1 spiro atoms. The number of benzene rings is 1. The summed E-state index contributed by atoms with van der Waals surface area (Å²) in [7, 11) is 0. The Kier molecular flexibility index (Phi) is 3.27. The van der Waals surface area contributed by atoms with Gasteiger partial charge in [0.25, 0.3) is 0 Å². The van der Waals surface area contributed by atoms with Gasteiger partial charge in [-0.25, -0.2) is 0 Å². The van der Waals surface area contributed by atoms with E-state index in [9.17, 15) is 0 Å². The lowest BCUT2D eigenvalue weighted by Gasteiger charge is -2.24. The van der Waals surface area contributed by atoms with E-state index in [-0.39, 0.29) is 5.60 Å². The standard InChI is InChI=1S/C18H24N2O/c19-12-14-3-4-15-6-10-20(17(15)11-14)13-16-5-9-18(21-16)7-1-2-8-18/h3-4,6,10-11,16H,1-2,5,7-9,12-13,19H2. The van der Waals surface area contributed by atoms with Gasteiger partial charge < -0.3 is 15.0 Å². The first kappa shape index (κ1) is 13.4. The Morgan fingerprint density at radius 1 is 1.19 bits per heavy atom. The van der Waals surface area contributed by atoms with Gasteiger partial charge in [0, 0.05) is 24.8 Å². The van der Waals surface area contributed by atoms with Gasteiger partial charge in [0.05, 0.1) is 11.7 Å². The quantitative estimate of drug-likeness (QED) is 0.935. The second kappa shape index (κ2) is 5.15. The lowest BCUT2D eigenvalue weighted by atomic mass is 9.98. The van der Waals surface area contributed by atoms with Crippen LogP contribution in [-0.4, -0.2) is 16.3 Å². The molecule has 2 fully saturated rings. The summed E-state index contributed by atoms with van der Waals surface area (Å²) in [5.41, 5.74) is 8.48. The van der Waals surface area contributed by atoms with Gasteiger partial charge in [0.2, 0.25) is 0 Å². The molecule has 112 valence electrons. The van der Waals surface area contributed by atoms with Crippen molar-refractivity contribution in [3.63, 3.8) is 0 Å². The smallest absolute Gasteiger partial charge is 0.0762 e. The second-order valence-electron chi connectivity index (χ2n) is 6.73. The zero-order valence-corrected chi connectivity index (χ0v) is 12.6. The highest BCUT2D eigenvalue weighted by molar-refractivity contribution is 5.80. The molecule has 3 heteroatoms. The van der Waals surface area contributed by atoms with E-state index in [1.54, 1.807) is 0 Å². The topological polar surface area (TPSA) is 40.2 Å². The molecule has 1 atom stereocenters. The van der Waals surface area contributed by atoms with Crippen LogP contribution in [0.1, 0.15) is 44.1 Å². The van der Waals surface area contributed by atoms with Crippen LogP contribution in [0.5, 0.6) is 0 Å². The van der Waals surface area contributed by atoms with E-state index in [2.05, 4.69) is 35.0 Å². The van der Waals surface area contributed by atoms with Crippen molar-refractivity contribution in [3.8, 4) is 0 Å². The summed E-state index contributed by atoms with van der Waals surface area (Å²) in [6.45, 7) is 1.57. The van der Waals surface area contributed by atoms with E-state index in [0.29, 0.717) is 12.6 Å². The van der Waals surface area contributed by atoms with Crippen LogP contribution in [0.2, 0.25) is 0 Å². The van der Waals surface area contributed by atoms with Crippen molar-refractivity contribution in [2.45, 2.75) is 63.3 Å². The van der Waals surface area contributed by atoms with Crippen LogP contribution < -0.4 is 5.73 Å². The van der Waals surface area contributed by atoms with Crippen molar-refractivity contribution in [1.29, 1.82) is 0 Å². The van der Waals surface area contributed by atoms with E-state index in [1.165, 1.54) is 55.0 Å². The van der Waals surface area contributed by atoms with Crippen LogP contribution in [0, 0.1) is 0 Å². The molecule has 0 amide bonds. The van der Waals surface area contributed by atoms with Crippen LogP contribution >= 0.6 is 0 Å². The Labute approximate surface area is 126 Å². The fraction of sp³-hybridized carbons (Fsp3) is 0.556. The summed E-state index contributed by atoms with van der Waals surface area (Å²) in [5.74, 6) is 0. The summed E-state index contributed by atoms with van der Waals surface area (Å²) >= 11 is 0. The lowest BCUT2D eigenvalue weighted by Crippen LogP contribution is -2.26. The Hall–Kier alpha value is -1.32. The fourth-order valence-corrected chi connectivity index (χ4v) is 4.15. The lowest BCUT2D eigenvalue weighted by molar-refractivity contribution is -0.0414. The van der Waals surface area contributed by atoms with E-state index in [4.69, 9.17) is 10.5 Å². The minimum atomic E-state index is 0.232. The molecule has 4 rings (SSSR count). The fourth-order valence-electron chi connectivity index (χ4n) is 4.15. The van der Waals surface area contributed by atoms with Crippen molar-refractivity contribution in [2.24, 2.45) is 5.73 Å². The zero-order valence-electron chi connectivity index (χ0n) is 12.6. The van der Waals surface area contributed by atoms with Gasteiger partial charge in [-0.2, -0.15) is 0 Å². The number of ether oxygens (including phenoxy) is 1. The Bertz CT molecular complexity index is 640. The highest BCUT2D eigenvalue weighted by Gasteiger charge is 2.42. The van der Waals surface area contributed by atoms with Crippen molar-refractivity contribution in [2.75, 3.05) is 0 Å². The third-order valence-electron chi connectivity index (χ3n) is 5.33. The monoisotopic (exact) mass is 284 g/mol. The molecule has 2 aliphatic rings. The molecular formula is C18H24N2O. The summed E-state index contributed by atoms with van der Waals surface area (Å²) < 4.78 is 8.78. The predicted octanol–water partition coefficient (Wildman–Crippen LogP) is 3.59. The number of fused-ring (bicyclic) bond motifs is 1. The third kappa shape index (κ3) is 2.39. The second-order valence-corrected chi connectivity index (χ2v) is 6.73. The summed E-state index contributed by atoms with van der Waals surface area (Å²) in [4.78, 5) is 0. The number of nitrogens with two attached hydrogens (primary N) is 1. The maximum Gasteiger partial charge on any atom is 0.0762 e. The molecule has 1 aliphatic carbocycles. The van der Waals surface area contributed by atoms with E-state index in [1.807, 2.05) is 0 Å². The molecule has 0 bridgehead atoms. The molecule has 21 heavy (non-hydrogen) atoms. The highest BCUT2D eigenvalue weighted by Crippen LogP contribution is 2.43. The predicted molar refractivity (Wildman–Crippen MR) is 85.1 cm³/mol. The van der Waals surface area contributed by atoms with Gasteiger partial charge in [0.15, 0.2) is 0 Å². The Balaban J connectivity index is 1.54. The Morgan fingerprint density at radius 3 is 2.86 bits per heavy atom. The Morgan fingerprint density at radius 2 is 2.05 bits per heavy atom. The van der Waals surface area contributed by atoms with Gasteiger partial charge in [-0.05, 0) is 48.8 Å². The summed E-state index contributed by atoms with van der Waals surface area (Å²) in [6.07, 6.45) is 10.3. The van der Waals surface area contributed by atoms with Gasteiger partial charge in [-0.15, -0.1) is 0 Å². The molecule has 1 aliphatic heterocycles. The first-order valence-electron chi connectivity index (χ1n) is 8.24. The largest absolute Gasteiger partial charge is 0.370 e. The van der Waals surface area contributed by atoms with E-state index >= 15 is 0 Å². The van der Waals surface area contributed by atoms with Crippen molar-refractivity contribution in [3.05, 3.63) is 36.0 Å². The molecule has 0 radical (unpaired) electrons. The van der Waals surface area contributed by atoms with Crippen LogP contribution in [0.15, 0.2) is 30.5 Å². The van der Waals surface area contributed by atoms with Crippen LogP contribution in [-0.2, 0) is 17.8 Å². The molecule has 2 heterocycles. The maximum atomic E-state index is 6.44. The minimum Gasteiger partial charge on any atom is -0.370 e. The third-order valence-corrected chi connectivity index (χ3v) is 5.33. The molecule has 3 nitrogen and oxygen atoms in total. The molecule has 1 saturated carbocycles. The number of aromatic nitrogens is 1. The molecule has 2 aromatic rings. The van der Waals surface area contributed by atoms with Crippen LogP contribution in [0.25, 0.3) is 10.9 Å². The number of nitrogens with zero attached hydrogens (tertiary/aromatic N) is 1. The molecule has 1 saturated heterocycles. The normalized spacial score (nSPS) is 24.3. The average Bonchev–Trinajstić information content (AvgIpc) is 3.22. The molecule has 1 aromatic carbocycles. The summed E-state index contributed by atoms with van der Waals surface area (Å²) in [5, 5.41) is 1.29. The molecule has 1 unspecified atom stereocenters. The SMILES string of the molecule is NCc1ccc2ccn(CC3CCC4(CCCC4)O3)c2c1. The van der Waals surface area contributed by atoms with Gasteiger partial charge in [0.1, 0.15) is 0 Å². The maximum absolute atomic E-state index is 6.44. The number of rotatable bonds is 3. The van der Waals surface area contributed by atoms with Crippen molar-refractivity contribution in [1.82, 2.24) is 4.57 Å². The van der Waals surface area contributed by atoms with Gasteiger partial charge in [-0.1, -0.05) is 25.0 Å².